The molecule has 1 fully saturated rings. The van der Waals surface area contributed by atoms with Crippen LogP contribution in [0.5, 0.6) is 0 Å². The van der Waals surface area contributed by atoms with E-state index in [1.807, 2.05) is 0 Å². The third-order valence-corrected chi connectivity index (χ3v) is 6.03. The summed E-state index contributed by atoms with van der Waals surface area (Å²) < 4.78 is 24.5. The number of hydrogen-bond acceptors (Lipinski definition) is 8. The highest BCUT2D eigenvalue weighted by Crippen LogP contribution is 2.39. The second kappa shape index (κ2) is 7.51. The summed E-state index contributed by atoms with van der Waals surface area (Å²) in [4.78, 5) is 23.3. The van der Waals surface area contributed by atoms with Crippen LogP contribution in [0.25, 0.3) is 17.2 Å². The average molecular weight is 470 g/mol. The molecule has 4 rings (SSSR count). The van der Waals surface area contributed by atoms with Gasteiger partial charge in [0.15, 0.2) is 10.7 Å². The number of halogens is 2. The molecule has 0 atom stereocenters. The minimum absolute atomic E-state index is 0.0608. The molecular weight excluding hydrogens is 457 g/mol. The third kappa shape index (κ3) is 3.61. The lowest BCUT2D eigenvalue weighted by Crippen LogP contribution is -2.44. The molecule has 1 aliphatic rings. The molecule has 2 heterocycles. The Kier molecular flexibility index (Phi) is 5.06. The van der Waals surface area contributed by atoms with Gasteiger partial charge in [0.25, 0.3) is 0 Å². The molecule has 2 aromatic heterocycles. The molecule has 0 aliphatic heterocycles. The van der Waals surface area contributed by atoms with Crippen molar-refractivity contribution in [2.24, 2.45) is 0 Å². The second-order valence-electron chi connectivity index (χ2n) is 6.23. The molecule has 12 heteroatoms. The van der Waals surface area contributed by atoms with Gasteiger partial charge in [0.1, 0.15) is 5.82 Å². The van der Waals surface area contributed by atoms with Gasteiger partial charge in [0.05, 0.1) is 10.2 Å². The Labute approximate surface area is 169 Å². The summed E-state index contributed by atoms with van der Waals surface area (Å²) in [6, 6.07) is 4.21. The first-order chi connectivity index (χ1) is 13.4. The number of carbonyl (C=O) groups is 1. The Morgan fingerprint density at radius 1 is 1.36 bits per heavy atom. The molecule has 3 aromatic rings. The van der Waals surface area contributed by atoms with Crippen LogP contribution in [-0.4, -0.2) is 37.2 Å². The number of nitrogens with zero attached hydrogens (tertiary/aromatic N) is 4. The molecule has 1 N–H and O–H groups in total. The Balaban J connectivity index is 1.60. The average Bonchev–Trinajstić information content (AvgIpc) is 3.21. The van der Waals surface area contributed by atoms with Crippen molar-refractivity contribution in [3.63, 3.8) is 0 Å². The van der Waals surface area contributed by atoms with Crippen molar-refractivity contribution in [2.75, 3.05) is 0 Å². The molecule has 0 saturated heterocycles. The first kappa shape index (κ1) is 18.9. The van der Waals surface area contributed by atoms with E-state index in [4.69, 9.17) is 9.15 Å². The standard InChI is InChI=1S/C16H13BrFN5O4S/c1-7(24)19-8-4-10(5-8)28-15-13(20-27-22-15)14-21-26-16(25)23(14)9-2-3-12(18)11(17)6-9/h2-3,6,8,10H,4-5H2,1H3,(H,19,24). The summed E-state index contributed by atoms with van der Waals surface area (Å²) in [7, 11) is 0. The number of aromatic nitrogens is 4. The fourth-order valence-corrected chi connectivity index (χ4v) is 4.53. The van der Waals surface area contributed by atoms with Crippen molar-refractivity contribution in [1.82, 2.24) is 25.4 Å². The third-order valence-electron chi connectivity index (χ3n) is 4.22. The molecule has 9 nitrogen and oxygen atoms in total. The monoisotopic (exact) mass is 469 g/mol. The van der Waals surface area contributed by atoms with Crippen molar-refractivity contribution in [2.45, 2.75) is 36.1 Å². The maximum Gasteiger partial charge on any atom is 0.446 e. The van der Waals surface area contributed by atoms with Crippen molar-refractivity contribution in [3.05, 3.63) is 39.0 Å². The van der Waals surface area contributed by atoms with E-state index < -0.39 is 11.6 Å². The van der Waals surface area contributed by atoms with E-state index >= 15 is 0 Å². The summed E-state index contributed by atoms with van der Waals surface area (Å²) in [5.41, 5.74) is 0.599. The zero-order valence-corrected chi connectivity index (χ0v) is 16.8. The van der Waals surface area contributed by atoms with Crippen molar-refractivity contribution in [3.8, 4) is 17.2 Å². The van der Waals surface area contributed by atoms with Crippen molar-refractivity contribution in [1.29, 1.82) is 0 Å². The molecule has 0 radical (unpaired) electrons. The van der Waals surface area contributed by atoms with Crippen LogP contribution in [0.2, 0.25) is 0 Å². The van der Waals surface area contributed by atoms with E-state index in [1.165, 1.54) is 36.9 Å². The summed E-state index contributed by atoms with van der Waals surface area (Å²) >= 11 is 4.52. The Bertz CT molecular complexity index is 1090. The van der Waals surface area contributed by atoms with Gasteiger partial charge in [0.2, 0.25) is 11.7 Å². The molecule has 0 unspecified atom stereocenters. The van der Waals surface area contributed by atoms with Crippen LogP contribution in [0, 0.1) is 5.82 Å². The Morgan fingerprint density at radius 3 is 2.86 bits per heavy atom. The summed E-state index contributed by atoms with van der Waals surface area (Å²) in [6.07, 6.45) is 1.57. The number of carbonyl (C=O) groups excluding carboxylic acids is 1. The maximum absolute atomic E-state index is 13.5. The van der Waals surface area contributed by atoms with Gasteiger partial charge in [-0.2, -0.15) is 0 Å². The molecule has 1 aliphatic carbocycles. The van der Waals surface area contributed by atoms with Crippen LogP contribution in [0.15, 0.2) is 41.6 Å². The number of amides is 1. The molecule has 1 saturated carbocycles. The van der Waals surface area contributed by atoms with Crippen molar-refractivity contribution < 1.29 is 18.3 Å². The lowest BCUT2D eigenvalue weighted by atomic mass is 9.92. The molecule has 0 spiro atoms. The fourth-order valence-electron chi connectivity index (χ4n) is 2.87. The normalized spacial score (nSPS) is 18.7. The molecule has 28 heavy (non-hydrogen) atoms. The fraction of sp³-hybridized carbons (Fsp3) is 0.312. The SMILES string of the molecule is CC(=O)NC1CC(Sc2nonc2-c2noc(=O)n2-c2ccc(F)c(Br)c2)C1. The number of hydrogen-bond donors (Lipinski definition) is 1. The van der Waals surface area contributed by atoms with Gasteiger partial charge in [-0.3, -0.25) is 9.32 Å². The van der Waals surface area contributed by atoms with Crippen LogP contribution in [0.3, 0.4) is 0 Å². The van der Waals surface area contributed by atoms with Gasteiger partial charge in [-0.15, -0.1) is 0 Å². The predicted molar refractivity (Wildman–Crippen MR) is 99.5 cm³/mol. The number of thioether (sulfide) groups is 1. The van der Waals surface area contributed by atoms with Gasteiger partial charge < -0.3 is 5.32 Å². The molecule has 146 valence electrons. The lowest BCUT2D eigenvalue weighted by Gasteiger charge is -2.34. The molecule has 1 amide bonds. The van der Waals surface area contributed by atoms with E-state index in [1.54, 1.807) is 0 Å². The van der Waals surface area contributed by atoms with Crippen LogP contribution < -0.4 is 11.1 Å². The van der Waals surface area contributed by atoms with E-state index in [0.29, 0.717) is 10.7 Å². The van der Waals surface area contributed by atoms with E-state index in [9.17, 15) is 14.0 Å². The second-order valence-corrected chi connectivity index (χ2v) is 8.38. The quantitative estimate of drug-likeness (QED) is 0.605. The zero-order chi connectivity index (χ0) is 19.8. The molecule has 0 bridgehead atoms. The van der Waals surface area contributed by atoms with Gasteiger partial charge in [0, 0.05) is 18.2 Å². The van der Waals surface area contributed by atoms with Gasteiger partial charge in [-0.1, -0.05) is 16.9 Å². The van der Waals surface area contributed by atoms with E-state index in [-0.39, 0.29) is 33.2 Å². The van der Waals surface area contributed by atoms with Gasteiger partial charge in [-0.25, -0.2) is 18.4 Å². The highest BCUT2D eigenvalue weighted by molar-refractivity contribution is 9.10. The predicted octanol–water partition coefficient (Wildman–Crippen LogP) is 2.54. The Hall–Kier alpha value is -2.47. The number of nitrogens with one attached hydrogen (secondary N) is 1. The van der Waals surface area contributed by atoms with E-state index in [2.05, 4.69) is 36.7 Å². The zero-order valence-electron chi connectivity index (χ0n) is 14.4. The smallest absolute Gasteiger partial charge is 0.354 e. The summed E-state index contributed by atoms with van der Waals surface area (Å²) in [6.45, 7) is 1.48. The largest absolute Gasteiger partial charge is 0.446 e. The lowest BCUT2D eigenvalue weighted by molar-refractivity contribution is -0.120. The van der Waals surface area contributed by atoms with Gasteiger partial charge in [-0.05, 0) is 57.3 Å². The first-order valence-electron chi connectivity index (χ1n) is 8.23. The summed E-state index contributed by atoms with van der Waals surface area (Å²) in [5.74, 6) is -1.17. The van der Waals surface area contributed by atoms with Crippen LogP contribution in [0.1, 0.15) is 19.8 Å². The maximum atomic E-state index is 13.5. The first-order valence-corrected chi connectivity index (χ1v) is 9.90. The molecule has 1 aromatic carbocycles. The van der Waals surface area contributed by atoms with Crippen LogP contribution in [-0.2, 0) is 4.79 Å². The molecular formula is C16H13BrFN5O4S. The van der Waals surface area contributed by atoms with Gasteiger partial charge >= 0.3 is 5.76 Å². The summed E-state index contributed by atoms with van der Waals surface area (Å²) in [5, 5.41) is 15.1. The van der Waals surface area contributed by atoms with Crippen molar-refractivity contribution >= 4 is 33.6 Å². The Morgan fingerprint density at radius 2 is 2.14 bits per heavy atom. The van der Waals surface area contributed by atoms with Crippen LogP contribution in [0.4, 0.5) is 4.39 Å². The van der Waals surface area contributed by atoms with Crippen LogP contribution >= 0.6 is 27.7 Å². The minimum Gasteiger partial charge on any atom is -0.354 e. The highest BCUT2D eigenvalue weighted by atomic mass is 79.9. The van der Waals surface area contributed by atoms with E-state index in [0.717, 1.165) is 17.4 Å². The number of benzene rings is 1. The highest BCUT2D eigenvalue weighted by Gasteiger charge is 2.33. The number of rotatable bonds is 5. The minimum atomic E-state index is -0.748. The topological polar surface area (TPSA) is 116 Å².